The van der Waals surface area contributed by atoms with Crippen LogP contribution in [0.25, 0.3) is 0 Å². The number of rotatable bonds is 7. The van der Waals surface area contributed by atoms with Gasteiger partial charge in [-0.2, -0.15) is 0 Å². The first kappa shape index (κ1) is 13.4. The number of unbranched alkanes of at least 4 members (excludes halogenated alkanes) is 4. The molecule has 0 saturated carbocycles. The van der Waals surface area contributed by atoms with Gasteiger partial charge in [0.25, 0.3) is 0 Å². The highest BCUT2D eigenvalue weighted by Gasteiger charge is 2.02. The van der Waals surface area contributed by atoms with Gasteiger partial charge >= 0.3 is 5.69 Å². The molecule has 17 heavy (non-hydrogen) atoms. The highest BCUT2D eigenvalue weighted by molar-refractivity contribution is 5.89. The van der Waals surface area contributed by atoms with Crippen LogP contribution in [-0.4, -0.2) is 15.9 Å². The Hall–Kier alpha value is -1.65. The fourth-order valence-corrected chi connectivity index (χ4v) is 1.54. The second-order valence-electron chi connectivity index (χ2n) is 4.00. The van der Waals surface area contributed by atoms with Gasteiger partial charge in [-0.1, -0.05) is 32.6 Å². The lowest BCUT2D eigenvalue weighted by Crippen LogP contribution is -2.17. The molecular weight excluding hydrogens is 218 g/mol. The standard InChI is InChI=1S/C12H19N3O2/c1-2-3-4-5-6-7-11(16)14-10-8-9-13-12(17)15-10/h8-9H,2-7H2,1H3,(H2,13,14,15,16,17). The Balaban J connectivity index is 2.23. The molecule has 0 fully saturated rings. The maximum Gasteiger partial charge on any atom is 0.346 e. The van der Waals surface area contributed by atoms with Crippen LogP contribution in [0.15, 0.2) is 17.1 Å². The van der Waals surface area contributed by atoms with E-state index in [0.29, 0.717) is 12.2 Å². The molecule has 1 aromatic rings. The van der Waals surface area contributed by atoms with Crippen LogP contribution < -0.4 is 11.0 Å². The van der Waals surface area contributed by atoms with Crippen molar-refractivity contribution in [3.63, 3.8) is 0 Å². The van der Waals surface area contributed by atoms with Crippen molar-refractivity contribution in [1.82, 2.24) is 9.97 Å². The van der Waals surface area contributed by atoms with Crippen molar-refractivity contribution in [2.75, 3.05) is 5.32 Å². The Morgan fingerprint density at radius 2 is 2.12 bits per heavy atom. The molecule has 1 heterocycles. The molecule has 0 aliphatic carbocycles. The highest BCUT2D eigenvalue weighted by Crippen LogP contribution is 2.06. The molecule has 1 amide bonds. The molecule has 1 rings (SSSR count). The smallest absolute Gasteiger partial charge is 0.312 e. The first-order chi connectivity index (χ1) is 8.22. The van der Waals surface area contributed by atoms with E-state index in [9.17, 15) is 9.59 Å². The third-order valence-corrected chi connectivity index (χ3v) is 2.46. The third-order valence-electron chi connectivity index (χ3n) is 2.46. The second-order valence-corrected chi connectivity index (χ2v) is 4.00. The van der Waals surface area contributed by atoms with Crippen LogP contribution >= 0.6 is 0 Å². The number of aromatic nitrogens is 2. The van der Waals surface area contributed by atoms with Crippen molar-refractivity contribution in [3.8, 4) is 0 Å². The Morgan fingerprint density at radius 3 is 2.82 bits per heavy atom. The van der Waals surface area contributed by atoms with E-state index >= 15 is 0 Å². The molecule has 94 valence electrons. The van der Waals surface area contributed by atoms with Crippen LogP contribution in [0.3, 0.4) is 0 Å². The van der Waals surface area contributed by atoms with E-state index in [-0.39, 0.29) is 5.91 Å². The van der Waals surface area contributed by atoms with Crippen LogP contribution in [0.1, 0.15) is 45.4 Å². The third kappa shape index (κ3) is 5.85. The number of carbonyl (C=O) groups excluding carboxylic acids is 1. The quantitative estimate of drug-likeness (QED) is 0.713. The Bertz CT molecular complexity index is 401. The zero-order valence-corrected chi connectivity index (χ0v) is 10.2. The number of carbonyl (C=O) groups is 1. The zero-order valence-electron chi connectivity index (χ0n) is 10.2. The number of aromatic amines is 1. The van der Waals surface area contributed by atoms with E-state index in [0.717, 1.165) is 12.8 Å². The summed E-state index contributed by atoms with van der Waals surface area (Å²) in [6.07, 6.45) is 7.43. The topological polar surface area (TPSA) is 74.8 Å². The predicted molar refractivity (Wildman–Crippen MR) is 66.9 cm³/mol. The summed E-state index contributed by atoms with van der Waals surface area (Å²) in [5, 5.41) is 2.64. The molecule has 5 heteroatoms. The predicted octanol–water partition coefficient (Wildman–Crippen LogP) is 2.07. The SMILES string of the molecule is CCCCCCCC(=O)Nc1ccnc(=O)[nH]1. The number of amides is 1. The number of hydrogen-bond acceptors (Lipinski definition) is 3. The molecule has 0 aliphatic rings. The summed E-state index contributed by atoms with van der Waals surface area (Å²) in [6, 6.07) is 1.57. The summed E-state index contributed by atoms with van der Waals surface area (Å²) < 4.78 is 0. The molecule has 0 bridgehead atoms. The normalized spacial score (nSPS) is 10.2. The molecule has 0 atom stereocenters. The first-order valence-electron chi connectivity index (χ1n) is 6.07. The van der Waals surface area contributed by atoms with Crippen molar-refractivity contribution < 1.29 is 4.79 Å². The van der Waals surface area contributed by atoms with Crippen LogP contribution in [0.5, 0.6) is 0 Å². The lowest BCUT2D eigenvalue weighted by Gasteiger charge is -2.04. The number of H-pyrrole nitrogens is 1. The van der Waals surface area contributed by atoms with Gasteiger partial charge in [-0.15, -0.1) is 0 Å². The molecular formula is C12H19N3O2. The van der Waals surface area contributed by atoms with E-state index in [4.69, 9.17) is 0 Å². The van der Waals surface area contributed by atoms with Gasteiger partial charge < -0.3 is 5.32 Å². The van der Waals surface area contributed by atoms with Crippen LogP contribution in [0, 0.1) is 0 Å². The molecule has 0 unspecified atom stereocenters. The minimum Gasteiger partial charge on any atom is -0.312 e. The van der Waals surface area contributed by atoms with Crippen molar-refractivity contribution in [2.24, 2.45) is 0 Å². The Kier molecular flexibility index (Phi) is 5.99. The maximum absolute atomic E-state index is 11.5. The van der Waals surface area contributed by atoms with Gasteiger partial charge in [0.05, 0.1) is 0 Å². The van der Waals surface area contributed by atoms with Gasteiger partial charge in [0.1, 0.15) is 5.82 Å². The average molecular weight is 237 g/mol. The molecule has 5 nitrogen and oxygen atoms in total. The van der Waals surface area contributed by atoms with Gasteiger partial charge in [0.2, 0.25) is 5.91 Å². The lowest BCUT2D eigenvalue weighted by molar-refractivity contribution is -0.116. The fourth-order valence-electron chi connectivity index (χ4n) is 1.54. The monoisotopic (exact) mass is 237 g/mol. The summed E-state index contributed by atoms with van der Waals surface area (Å²) in [7, 11) is 0. The number of nitrogens with zero attached hydrogens (tertiary/aromatic N) is 1. The first-order valence-corrected chi connectivity index (χ1v) is 6.07. The second kappa shape index (κ2) is 7.60. The molecule has 0 aromatic carbocycles. The molecule has 0 radical (unpaired) electrons. The van der Waals surface area contributed by atoms with Gasteiger partial charge in [0.15, 0.2) is 0 Å². The van der Waals surface area contributed by atoms with Crippen molar-refractivity contribution in [3.05, 3.63) is 22.7 Å². The van der Waals surface area contributed by atoms with Crippen molar-refractivity contribution in [1.29, 1.82) is 0 Å². The summed E-state index contributed by atoms with van der Waals surface area (Å²) in [6.45, 7) is 2.16. The lowest BCUT2D eigenvalue weighted by atomic mass is 10.1. The molecule has 0 aliphatic heterocycles. The zero-order chi connectivity index (χ0) is 12.5. The summed E-state index contributed by atoms with van der Waals surface area (Å²) in [5.74, 6) is 0.340. The van der Waals surface area contributed by atoms with Gasteiger partial charge in [-0.05, 0) is 12.5 Å². The van der Waals surface area contributed by atoms with Gasteiger partial charge in [-0.3, -0.25) is 9.78 Å². The van der Waals surface area contributed by atoms with Crippen LogP contribution in [-0.2, 0) is 4.79 Å². The number of hydrogen-bond donors (Lipinski definition) is 2. The minimum absolute atomic E-state index is 0.0663. The Labute approximate surface area is 101 Å². The van der Waals surface area contributed by atoms with Gasteiger partial charge in [-0.25, -0.2) is 9.78 Å². The van der Waals surface area contributed by atoms with E-state index < -0.39 is 5.69 Å². The summed E-state index contributed by atoms with van der Waals surface area (Å²) in [4.78, 5) is 28.3. The summed E-state index contributed by atoms with van der Waals surface area (Å²) in [5.41, 5.74) is -0.453. The highest BCUT2D eigenvalue weighted by atomic mass is 16.2. The Morgan fingerprint density at radius 1 is 1.35 bits per heavy atom. The molecule has 0 saturated heterocycles. The van der Waals surface area contributed by atoms with Crippen LogP contribution in [0.2, 0.25) is 0 Å². The van der Waals surface area contributed by atoms with Crippen molar-refractivity contribution >= 4 is 11.7 Å². The van der Waals surface area contributed by atoms with Crippen LogP contribution in [0.4, 0.5) is 5.82 Å². The number of anilines is 1. The van der Waals surface area contributed by atoms with E-state index in [1.807, 2.05) is 0 Å². The largest absolute Gasteiger partial charge is 0.346 e. The minimum atomic E-state index is -0.453. The van der Waals surface area contributed by atoms with E-state index in [1.54, 1.807) is 6.07 Å². The molecule has 2 N–H and O–H groups in total. The number of nitrogens with one attached hydrogen (secondary N) is 2. The molecule has 1 aromatic heterocycles. The summed E-state index contributed by atoms with van der Waals surface area (Å²) >= 11 is 0. The average Bonchev–Trinajstić information content (AvgIpc) is 2.29. The van der Waals surface area contributed by atoms with Gasteiger partial charge in [0, 0.05) is 12.6 Å². The fraction of sp³-hybridized carbons (Fsp3) is 0.583. The maximum atomic E-state index is 11.5. The molecule has 0 spiro atoms. The van der Waals surface area contributed by atoms with Crippen molar-refractivity contribution in [2.45, 2.75) is 45.4 Å². The van der Waals surface area contributed by atoms with E-state index in [2.05, 4.69) is 22.2 Å². The van der Waals surface area contributed by atoms with E-state index in [1.165, 1.54) is 25.5 Å².